The Morgan fingerprint density at radius 1 is 1.44 bits per heavy atom. The van der Waals surface area contributed by atoms with Gasteiger partial charge in [0.25, 0.3) is 0 Å². The van der Waals surface area contributed by atoms with Crippen molar-refractivity contribution in [3.63, 3.8) is 0 Å². The highest BCUT2D eigenvalue weighted by Gasteiger charge is 2.34. The summed E-state index contributed by atoms with van der Waals surface area (Å²) in [5.74, 6) is 1.07. The Bertz CT molecular complexity index is 521. The lowest BCUT2D eigenvalue weighted by molar-refractivity contribution is 0.257. The molecule has 2 rings (SSSR count). The molecule has 2 heterocycles. The SMILES string of the molecule is Cc1cc(S(=O)(=O)N2CCCC[C@@H]2CN)c(C)o1. The Morgan fingerprint density at radius 3 is 2.72 bits per heavy atom. The summed E-state index contributed by atoms with van der Waals surface area (Å²) >= 11 is 0. The third kappa shape index (κ3) is 2.32. The van der Waals surface area contributed by atoms with Gasteiger partial charge in [-0.2, -0.15) is 4.31 Å². The van der Waals surface area contributed by atoms with Crippen molar-refractivity contribution in [2.24, 2.45) is 5.73 Å². The van der Waals surface area contributed by atoms with Gasteiger partial charge in [0.05, 0.1) is 0 Å². The number of nitrogens with zero attached hydrogens (tertiary/aromatic N) is 1. The second kappa shape index (κ2) is 5.03. The quantitative estimate of drug-likeness (QED) is 0.902. The molecule has 1 aliphatic heterocycles. The molecule has 0 radical (unpaired) electrons. The molecule has 1 aromatic heterocycles. The number of sulfonamides is 1. The van der Waals surface area contributed by atoms with E-state index in [-0.39, 0.29) is 10.9 Å². The summed E-state index contributed by atoms with van der Waals surface area (Å²) in [5, 5.41) is 0. The van der Waals surface area contributed by atoms with E-state index in [0.29, 0.717) is 24.6 Å². The highest BCUT2D eigenvalue weighted by Crippen LogP contribution is 2.28. The van der Waals surface area contributed by atoms with Crippen LogP contribution >= 0.6 is 0 Å². The first-order valence-corrected chi connectivity index (χ1v) is 7.69. The average Bonchev–Trinajstić information content (AvgIpc) is 2.69. The first-order chi connectivity index (χ1) is 8.46. The number of furan rings is 1. The Kier molecular flexibility index (Phi) is 3.79. The predicted molar refractivity (Wildman–Crippen MR) is 68.8 cm³/mol. The Morgan fingerprint density at radius 2 is 2.17 bits per heavy atom. The zero-order valence-corrected chi connectivity index (χ0v) is 11.7. The standard InChI is InChI=1S/C12H20N2O3S/c1-9-7-12(10(2)17-9)18(15,16)14-6-4-3-5-11(14)8-13/h7,11H,3-6,8,13H2,1-2H3/t11-/m1/s1. The van der Waals surface area contributed by atoms with Crippen LogP contribution in [0.4, 0.5) is 0 Å². The van der Waals surface area contributed by atoms with E-state index in [1.807, 2.05) is 0 Å². The molecule has 102 valence electrons. The van der Waals surface area contributed by atoms with E-state index in [1.54, 1.807) is 19.9 Å². The van der Waals surface area contributed by atoms with Crippen molar-refractivity contribution in [2.45, 2.75) is 44.0 Å². The largest absolute Gasteiger partial charge is 0.465 e. The lowest BCUT2D eigenvalue weighted by Gasteiger charge is -2.33. The maximum atomic E-state index is 12.6. The Labute approximate surface area is 108 Å². The third-order valence-corrected chi connectivity index (χ3v) is 5.49. The van der Waals surface area contributed by atoms with E-state index >= 15 is 0 Å². The van der Waals surface area contributed by atoms with Gasteiger partial charge in [-0.05, 0) is 32.8 Å². The van der Waals surface area contributed by atoms with E-state index in [4.69, 9.17) is 10.2 Å². The van der Waals surface area contributed by atoms with Gasteiger partial charge in [0.1, 0.15) is 16.4 Å². The third-order valence-electron chi connectivity index (χ3n) is 3.43. The predicted octanol–water partition coefficient (Wildman–Crippen LogP) is 1.40. The summed E-state index contributed by atoms with van der Waals surface area (Å²) in [6, 6.07) is 1.51. The molecular weight excluding hydrogens is 252 g/mol. The molecule has 0 amide bonds. The molecule has 2 N–H and O–H groups in total. The molecule has 0 saturated carbocycles. The normalized spacial score (nSPS) is 22.3. The second-order valence-electron chi connectivity index (χ2n) is 4.78. The van der Waals surface area contributed by atoms with Gasteiger partial charge < -0.3 is 10.2 Å². The van der Waals surface area contributed by atoms with Crippen molar-refractivity contribution in [3.05, 3.63) is 17.6 Å². The topological polar surface area (TPSA) is 76.5 Å². The van der Waals surface area contributed by atoms with Crippen LogP contribution in [0.2, 0.25) is 0 Å². The number of hydrogen-bond acceptors (Lipinski definition) is 4. The van der Waals surface area contributed by atoms with Gasteiger partial charge in [0.2, 0.25) is 10.0 Å². The van der Waals surface area contributed by atoms with Crippen LogP contribution in [0.15, 0.2) is 15.4 Å². The number of piperidine rings is 1. The molecular formula is C12H20N2O3S. The summed E-state index contributed by atoms with van der Waals surface area (Å²) in [6.45, 7) is 4.35. The lowest BCUT2D eigenvalue weighted by Crippen LogP contribution is -2.47. The Hall–Kier alpha value is -0.850. The molecule has 1 atom stereocenters. The molecule has 1 aromatic rings. The zero-order chi connectivity index (χ0) is 13.3. The molecule has 0 aliphatic carbocycles. The minimum Gasteiger partial charge on any atom is -0.465 e. The van der Waals surface area contributed by atoms with E-state index in [9.17, 15) is 8.42 Å². The van der Waals surface area contributed by atoms with Crippen molar-refractivity contribution < 1.29 is 12.8 Å². The highest BCUT2D eigenvalue weighted by atomic mass is 32.2. The van der Waals surface area contributed by atoms with Gasteiger partial charge in [0.15, 0.2) is 0 Å². The van der Waals surface area contributed by atoms with Gasteiger partial charge >= 0.3 is 0 Å². The molecule has 0 bridgehead atoms. The van der Waals surface area contributed by atoms with Crippen LogP contribution in [0.1, 0.15) is 30.8 Å². The first kappa shape index (κ1) is 13.6. The number of nitrogens with two attached hydrogens (primary N) is 1. The van der Waals surface area contributed by atoms with Gasteiger partial charge in [0, 0.05) is 19.1 Å². The van der Waals surface area contributed by atoms with Gasteiger partial charge in [-0.15, -0.1) is 0 Å². The molecule has 1 saturated heterocycles. The van der Waals surface area contributed by atoms with Crippen molar-refractivity contribution in [1.82, 2.24) is 4.31 Å². The van der Waals surface area contributed by atoms with Crippen LogP contribution in [-0.2, 0) is 10.0 Å². The Balaban J connectivity index is 2.38. The van der Waals surface area contributed by atoms with Crippen LogP contribution in [0.3, 0.4) is 0 Å². The van der Waals surface area contributed by atoms with E-state index in [2.05, 4.69) is 0 Å². The molecule has 0 unspecified atom stereocenters. The number of aryl methyl sites for hydroxylation is 2. The fourth-order valence-electron chi connectivity index (χ4n) is 2.52. The molecule has 0 aromatic carbocycles. The molecule has 6 heteroatoms. The van der Waals surface area contributed by atoms with Crippen LogP contribution in [-0.4, -0.2) is 31.9 Å². The first-order valence-electron chi connectivity index (χ1n) is 6.25. The fraction of sp³-hybridized carbons (Fsp3) is 0.667. The van der Waals surface area contributed by atoms with E-state index < -0.39 is 10.0 Å². The molecule has 18 heavy (non-hydrogen) atoms. The summed E-state index contributed by atoms with van der Waals surface area (Å²) < 4.78 is 32.1. The zero-order valence-electron chi connectivity index (χ0n) is 10.8. The van der Waals surface area contributed by atoms with Crippen LogP contribution < -0.4 is 5.73 Å². The molecule has 1 fully saturated rings. The smallest absolute Gasteiger partial charge is 0.246 e. The summed E-state index contributed by atoms with van der Waals surface area (Å²) in [5.41, 5.74) is 5.68. The van der Waals surface area contributed by atoms with E-state index in [1.165, 1.54) is 4.31 Å². The minimum atomic E-state index is -3.47. The second-order valence-corrected chi connectivity index (χ2v) is 6.64. The van der Waals surface area contributed by atoms with Crippen molar-refractivity contribution in [3.8, 4) is 0 Å². The van der Waals surface area contributed by atoms with Crippen LogP contribution in [0.5, 0.6) is 0 Å². The van der Waals surface area contributed by atoms with Crippen LogP contribution in [0.25, 0.3) is 0 Å². The lowest BCUT2D eigenvalue weighted by atomic mass is 10.1. The molecule has 1 aliphatic rings. The van der Waals surface area contributed by atoms with Crippen molar-refractivity contribution >= 4 is 10.0 Å². The number of rotatable bonds is 3. The van der Waals surface area contributed by atoms with Gasteiger partial charge in [-0.25, -0.2) is 8.42 Å². The highest BCUT2D eigenvalue weighted by molar-refractivity contribution is 7.89. The van der Waals surface area contributed by atoms with Crippen molar-refractivity contribution in [2.75, 3.05) is 13.1 Å². The summed E-state index contributed by atoms with van der Waals surface area (Å²) in [6.07, 6.45) is 2.77. The minimum absolute atomic E-state index is 0.0849. The van der Waals surface area contributed by atoms with Gasteiger partial charge in [-0.3, -0.25) is 0 Å². The maximum Gasteiger partial charge on any atom is 0.246 e. The van der Waals surface area contributed by atoms with Crippen molar-refractivity contribution in [1.29, 1.82) is 0 Å². The maximum absolute atomic E-state index is 12.6. The fourth-order valence-corrected chi connectivity index (χ4v) is 4.44. The molecule has 0 spiro atoms. The van der Waals surface area contributed by atoms with Gasteiger partial charge in [-0.1, -0.05) is 6.42 Å². The average molecular weight is 272 g/mol. The monoisotopic (exact) mass is 272 g/mol. The molecule has 5 nitrogen and oxygen atoms in total. The number of hydrogen-bond donors (Lipinski definition) is 1. The summed E-state index contributed by atoms with van der Waals surface area (Å²) in [4.78, 5) is 0.278. The summed E-state index contributed by atoms with van der Waals surface area (Å²) in [7, 11) is -3.47. The van der Waals surface area contributed by atoms with Crippen LogP contribution in [0, 0.1) is 13.8 Å². The van der Waals surface area contributed by atoms with E-state index in [0.717, 1.165) is 19.3 Å².